The zero-order valence-electron chi connectivity index (χ0n) is 18.8. The summed E-state index contributed by atoms with van der Waals surface area (Å²) in [5.41, 5.74) is 3.05. The van der Waals surface area contributed by atoms with E-state index in [4.69, 9.17) is 14.3 Å². The fraction of sp³-hybridized carbons (Fsp3) is 0.231. The Morgan fingerprint density at radius 2 is 1.67 bits per heavy atom. The molecule has 0 aliphatic carbocycles. The molecule has 1 aliphatic rings. The van der Waals surface area contributed by atoms with E-state index in [1.54, 1.807) is 11.8 Å². The number of carbonyl (C=O) groups excluding carboxylic acids is 1. The van der Waals surface area contributed by atoms with Gasteiger partial charge in [-0.25, -0.2) is 4.68 Å². The standard InChI is InChI=1S/C26H26N4O3/c1-19-12-13-24(33-19)21-18-23(30(27-21)20-8-4-3-5-9-20)26(31)29-16-14-28(15-17-29)22-10-6-7-11-25(22)32-2/h3-13,18H,14-17H2,1-2H3. The van der Waals surface area contributed by atoms with Crippen LogP contribution < -0.4 is 9.64 Å². The number of carbonyl (C=O) groups is 1. The number of hydrogen-bond acceptors (Lipinski definition) is 5. The number of ether oxygens (including phenoxy) is 1. The summed E-state index contributed by atoms with van der Waals surface area (Å²) in [4.78, 5) is 17.7. The van der Waals surface area contributed by atoms with Gasteiger partial charge in [0, 0.05) is 32.2 Å². The maximum atomic E-state index is 13.6. The smallest absolute Gasteiger partial charge is 0.272 e. The molecule has 2 aromatic heterocycles. The fourth-order valence-corrected chi connectivity index (χ4v) is 4.20. The highest BCUT2D eigenvalue weighted by molar-refractivity contribution is 5.94. The van der Waals surface area contributed by atoms with Crippen LogP contribution in [0.4, 0.5) is 5.69 Å². The molecule has 7 nitrogen and oxygen atoms in total. The summed E-state index contributed by atoms with van der Waals surface area (Å²) in [5, 5.41) is 4.71. The van der Waals surface area contributed by atoms with Crippen LogP contribution in [0, 0.1) is 6.92 Å². The lowest BCUT2D eigenvalue weighted by molar-refractivity contribution is 0.0737. The number of aryl methyl sites for hydroxylation is 1. The second-order valence-electron chi connectivity index (χ2n) is 8.02. The van der Waals surface area contributed by atoms with E-state index in [2.05, 4.69) is 11.0 Å². The van der Waals surface area contributed by atoms with Gasteiger partial charge >= 0.3 is 0 Å². The number of hydrogen-bond donors (Lipinski definition) is 0. The van der Waals surface area contributed by atoms with Crippen LogP contribution in [0.2, 0.25) is 0 Å². The summed E-state index contributed by atoms with van der Waals surface area (Å²) in [7, 11) is 1.68. The molecular formula is C26H26N4O3. The minimum absolute atomic E-state index is 0.0412. The molecule has 0 bridgehead atoms. The molecule has 2 aromatic carbocycles. The van der Waals surface area contributed by atoms with Crippen LogP contribution in [0.15, 0.2) is 77.2 Å². The lowest BCUT2D eigenvalue weighted by Gasteiger charge is -2.36. The second kappa shape index (κ2) is 8.86. The monoisotopic (exact) mass is 442 g/mol. The van der Waals surface area contributed by atoms with Gasteiger partial charge in [-0.15, -0.1) is 0 Å². The highest BCUT2D eigenvalue weighted by Crippen LogP contribution is 2.29. The number of rotatable bonds is 5. The van der Waals surface area contributed by atoms with Crippen LogP contribution in [0.3, 0.4) is 0 Å². The van der Waals surface area contributed by atoms with Gasteiger partial charge in [0.05, 0.1) is 18.5 Å². The van der Waals surface area contributed by atoms with Crippen molar-refractivity contribution in [3.05, 3.63) is 84.3 Å². The van der Waals surface area contributed by atoms with Crippen molar-refractivity contribution >= 4 is 11.6 Å². The summed E-state index contributed by atoms with van der Waals surface area (Å²) in [5.74, 6) is 2.26. The van der Waals surface area contributed by atoms with Crippen LogP contribution in [0.25, 0.3) is 17.1 Å². The molecule has 33 heavy (non-hydrogen) atoms. The maximum Gasteiger partial charge on any atom is 0.272 e. The van der Waals surface area contributed by atoms with Crippen molar-refractivity contribution in [1.82, 2.24) is 14.7 Å². The zero-order chi connectivity index (χ0) is 22.8. The number of piperazine rings is 1. The number of amides is 1. The molecule has 0 atom stereocenters. The third kappa shape index (κ3) is 4.09. The first kappa shape index (κ1) is 20.9. The van der Waals surface area contributed by atoms with Crippen LogP contribution >= 0.6 is 0 Å². The van der Waals surface area contributed by atoms with Crippen molar-refractivity contribution in [2.45, 2.75) is 6.92 Å². The quantitative estimate of drug-likeness (QED) is 0.458. The molecule has 168 valence electrons. The average molecular weight is 443 g/mol. The minimum Gasteiger partial charge on any atom is -0.495 e. The number of furan rings is 1. The number of anilines is 1. The Hall–Kier alpha value is -4.00. The maximum absolute atomic E-state index is 13.6. The molecule has 1 saturated heterocycles. The molecular weight excluding hydrogens is 416 g/mol. The highest BCUT2D eigenvalue weighted by Gasteiger charge is 2.27. The van der Waals surface area contributed by atoms with Crippen LogP contribution in [0.1, 0.15) is 16.2 Å². The molecule has 7 heteroatoms. The molecule has 5 rings (SSSR count). The Morgan fingerprint density at radius 1 is 0.939 bits per heavy atom. The Morgan fingerprint density at radius 3 is 2.36 bits per heavy atom. The summed E-state index contributed by atoms with van der Waals surface area (Å²) >= 11 is 0. The third-order valence-corrected chi connectivity index (χ3v) is 5.91. The van der Waals surface area contributed by atoms with Crippen molar-refractivity contribution in [2.24, 2.45) is 0 Å². The first-order chi connectivity index (χ1) is 16.1. The normalized spacial score (nSPS) is 13.9. The van der Waals surface area contributed by atoms with Gasteiger partial charge in [0.1, 0.15) is 22.9 Å². The Bertz CT molecular complexity index is 1250. The molecule has 1 fully saturated rings. The second-order valence-corrected chi connectivity index (χ2v) is 8.02. The van der Waals surface area contributed by atoms with E-state index in [0.29, 0.717) is 30.2 Å². The van der Waals surface area contributed by atoms with Crippen LogP contribution in [-0.4, -0.2) is 53.9 Å². The van der Waals surface area contributed by atoms with Gasteiger partial charge in [0.2, 0.25) is 0 Å². The summed E-state index contributed by atoms with van der Waals surface area (Å²) in [6, 6.07) is 23.3. The Balaban J connectivity index is 1.41. The predicted molar refractivity (Wildman–Crippen MR) is 127 cm³/mol. The first-order valence-electron chi connectivity index (χ1n) is 11.0. The fourth-order valence-electron chi connectivity index (χ4n) is 4.20. The third-order valence-electron chi connectivity index (χ3n) is 5.91. The largest absolute Gasteiger partial charge is 0.495 e. The number of aromatic nitrogens is 2. The van der Waals surface area contributed by atoms with Crippen molar-refractivity contribution in [3.63, 3.8) is 0 Å². The Kier molecular flexibility index (Phi) is 5.60. The van der Waals surface area contributed by atoms with Crippen molar-refractivity contribution in [3.8, 4) is 22.9 Å². The molecule has 0 spiro atoms. The van der Waals surface area contributed by atoms with E-state index >= 15 is 0 Å². The Labute approximate surface area is 192 Å². The van der Waals surface area contributed by atoms with Crippen molar-refractivity contribution in [1.29, 1.82) is 0 Å². The molecule has 0 unspecified atom stereocenters. The van der Waals surface area contributed by atoms with Gasteiger partial charge in [-0.2, -0.15) is 5.10 Å². The molecule has 1 aliphatic heterocycles. The molecule has 0 N–H and O–H groups in total. The van der Waals surface area contributed by atoms with Crippen molar-refractivity contribution < 1.29 is 13.9 Å². The number of methoxy groups -OCH3 is 1. The topological polar surface area (TPSA) is 63.7 Å². The number of nitrogens with zero attached hydrogens (tertiary/aromatic N) is 4. The van der Waals surface area contributed by atoms with Gasteiger partial charge < -0.3 is 19.0 Å². The van der Waals surface area contributed by atoms with E-state index < -0.39 is 0 Å². The van der Waals surface area contributed by atoms with Crippen LogP contribution in [0.5, 0.6) is 5.75 Å². The van der Waals surface area contributed by atoms with Gasteiger partial charge in [0.15, 0.2) is 5.76 Å². The average Bonchev–Trinajstić information content (AvgIpc) is 3.51. The van der Waals surface area contributed by atoms with E-state index in [1.165, 1.54) is 0 Å². The SMILES string of the molecule is COc1ccccc1N1CCN(C(=O)c2cc(-c3ccc(C)o3)nn2-c2ccccc2)CC1. The lowest BCUT2D eigenvalue weighted by atomic mass is 10.2. The number of benzene rings is 2. The summed E-state index contributed by atoms with van der Waals surface area (Å²) in [6.45, 7) is 4.59. The minimum atomic E-state index is -0.0412. The lowest BCUT2D eigenvalue weighted by Crippen LogP contribution is -2.49. The van der Waals surface area contributed by atoms with Gasteiger partial charge in [-0.3, -0.25) is 4.79 Å². The summed E-state index contributed by atoms with van der Waals surface area (Å²) in [6.07, 6.45) is 0. The number of para-hydroxylation sites is 3. The molecule has 1 amide bonds. The zero-order valence-corrected chi connectivity index (χ0v) is 18.8. The van der Waals surface area contributed by atoms with E-state index in [-0.39, 0.29) is 5.91 Å². The molecule has 4 aromatic rings. The van der Waals surface area contributed by atoms with Gasteiger partial charge in [0.25, 0.3) is 5.91 Å². The molecule has 0 radical (unpaired) electrons. The molecule has 0 saturated carbocycles. The van der Waals surface area contributed by atoms with Crippen molar-refractivity contribution in [2.75, 3.05) is 38.2 Å². The van der Waals surface area contributed by atoms with Gasteiger partial charge in [-0.05, 0) is 43.3 Å². The van der Waals surface area contributed by atoms with E-state index in [1.807, 2.05) is 78.6 Å². The van der Waals surface area contributed by atoms with Gasteiger partial charge in [-0.1, -0.05) is 30.3 Å². The predicted octanol–water partition coefficient (Wildman–Crippen LogP) is 4.41. The van der Waals surface area contributed by atoms with Crippen LogP contribution in [-0.2, 0) is 0 Å². The summed E-state index contributed by atoms with van der Waals surface area (Å²) < 4.78 is 13.0. The molecule has 3 heterocycles. The van der Waals surface area contributed by atoms with E-state index in [9.17, 15) is 4.79 Å². The first-order valence-corrected chi connectivity index (χ1v) is 11.0. The highest BCUT2D eigenvalue weighted by atomic mass is 16.5. The van der Waals surface area contributed by atoms with E-state index in [0.717, 1.165) is 36.0 Å².